The molecule has 3 nitrogen and oxygen atoms in total. The molecule has 1 aliphatic carbocycles. The molecule has 0 amide bonds. The Morgan fingerprint density at radius 2 is 1.93 bits per heavy atom. The van der Waals surface area contributed by atoms with Crippen LogP contribution in [0.15, 0.2) is 12.2 Å². The summed E-state index contributed by atoms with van der Waals surface area (Å²) in [5, 5.41) is 0. The van der Waals surface area contributed by atoms with E-state index in [0.29, 0.717) is 6.42 Å². The lowest BCUT2D eigenvalue weighted by molar-refractivity contribution is -0.153. The first-order chi connectivity index (χ1) is 5.70. The number of allylic oxidation sites excluding steroid dienone is 2. The van der Waals surface area contributed by atoms with Crippen LogP contribution in [-0.2, 0) is 14.3 Å². The van der Waals surface area contributed by atoms with Crippen LogP contribution in [0.2, 0.25) is 0 Å². The van der Waals surface area contributed by atoms with Crippen molar-refractivity contribution >= 4 is 11.9 Å². The third kappa shape index (κ3) is 1.72. The van der Waals surface area contributed by atoms with Crippen molar-refractivity contribution in [2.75, 3.05) is 0 Å². The van der Waals surface area contributed by atoms with Crippen LogP contribution in [0.25, 0.3) is 0 Å². The standard InChI is InChI=1S/C9H10O3.2CH4/c1-5-3-2-4-6-7(5)9(11)12-8(6)10;;/h2-3,5-7H,4H2,1H3;2*1H4. The Balaban J connectivity index is 0.000000845. The van der Waals surface area contributed by atoms with Gasteiger partial charge in [0.15, 0.2) is 0 Å². The van der Waals surface area contributed by atoms with E-state index in [0.717, 1.165) is 0 Å². The van der Waals surface area contributed by atoms with Gasteiger partial charge < -0.3 is 4.74 Å². The number of hydrogen-bond acceptors (Lipinski definition) is 3. The number of fused-ring (bicyclic) bond motifs is 1. The number of esters is 2. The van der Waals surface area contributed by atoms with Crippen molar-refractivity contribution in [2.24, 2.45) is 17.8 Å². The van der Waals surface area contributed by atoms with E-state index in [1.807, 2.05) is 19.1 Å². The van der Waals surface area contributed by atoms with Crippen LogP contribution in [0.3, 0.4) is 0 Å². The molecule has 2 aliphatic rings. The Hall–Kier alpha value is -1.12. The summed E-state index contributed by atoms with van der Waals surface area (Å²) in [6, 6.07) is 0. The molecular weight excluding hydrogens is 180 g/mol. The number of carbonyl (C=O) groups is 2. The van der Waals surface area contributed by atoms with Gasteiger partial charge in [-0.25, -0.2) is 0 Å². The van der Waals surface area contributed by atoms with Crippen molar-refractivity contribution < 1.29 is 14.3 Å². The highest BCUT2D eigenvalue weighted by Crippen LogP contribution is 2.36. The van der Waals surface area contributed by atoms with Crippen molar-refractivity contribution in [2.45, 2.75) is 28.2 Å². The molecule has 0 radical (unpaired) electrons. The maximum Gasteiger partial charge on any atom is 0.318 e. The SMILES string of the molecule is C.C.CC1C=CCC2C(=O)OC(=O)C12. The molecule has 14 heavy (non-hydrogen) atoms. The largest absolute Gasteiger partial charge is 0.393 e. The maximum atomic E-state index is 11.2. The van der Waals surface area contributed by atoms with E-state index < -0.39 is 0 Å². The Morgan fingerprint density at radius 1 is 1.29 bits per heavy atom. The predicted molar refractivity (Wildman–Crippen MR) is 54.5 cm³/mol. The molecule has 0 aromatic heterocycles. The normalized spacial score (nSPS) is 33.9. The van der Waals surface area contributed by atoms with Gasteiger partial charge in [-0.15, -0.1) is 0 Å². The predicted octanol–water partition coefficient (Wildman–Crippen LogP) is 2.17. The zero-order valence-electron chi connectivity index (χ0n) is 6.82. The van der Waals surface area contributed by atoms with E-state index in [9.17, 15) is 9.59 Å². The molecule has 1 heterocycles. The summed E-state index contributed by atoms with van der Waals surface area (Å²) >= 11 is 0. The average Bonchev–Trinajstić information content (AvgIpc) is 2.29. The molecule has 0 N–H and O–H groups in total. The molecule has 1 aliphatic heterocycles. The fourth-order valence-corrected chi connectivity index (χ4v) is 1.94. The number of carbonyl (C=O) groups excluding carboxylic acids is 2. The molecule has 0 spiro atoms. The third-order valence-corrected chi connectivity index (χ3v) is 2.61. The van der Waals surface area contributed by atoms with Crippen LogP contribution < -0.4 is 0 Å². The Morgan fingerprint density at radius 3 is 2.50 bits per heavy atom. The second kappa shape index (κ2) is 4.40. The fraction of sp³-hybridized carbons (Fsp3) is 0.636. The van der Waals surface area contributed by atoms with Gasteiger partial charge in [0.05, 0.1) is 11.8 Å². The zero-order valence-corrected chi connectivity index (χ0v) is 6.82. The summed E-state index contributed by atoms with van der Waals surface area (Å²) in [4.78, 5) is 22.2. The Bertz CT molecular complexity index is 268. The van der Waals surface area contributed by atoms with Gasteiger partial charge in [-0.2, -0.15) is 0 Å². The van der Waals surface area contributed by atoms with E-state index in [-0.39, 0.29) is 44.5 Å². The summed E-state index contributed by atoms with van der Waals surface area (Å²) in [6.07, 6.45) is 4.58. The second-order valence-electron chi connectivity index (χ2n) is 3.40. The van der Waals surface area contributed by atoms with Crippen LogP contribution >= 0.6 is 0 Å². The quantitative estimate of drug-likeness (QED) is 0.340. The topological polar surface area (TPSA) is 43.4 Å². The van der Waals surface area contributed by atoms with Crippen LogP contribution in [0.5, 0.6) is 0 Å². The smallest absolute Gasteiger partial charge is 0.318 e. The second-order valence-corrected chi connectivity index (χ2v) is 3.40. The fourth-order valence-electron chi connectivity index (χ4n) is 1.94. The highest BCUT2D eigenvalue weighted by Gasteiger charge is 2.46. The monoisotopic (exact) mass is 198 g/mol. The molecule has 2 rings (SSSR count). The molecule has 80 valence electrons. The molecule has 3 atom stereocenters. The summed E-state index contributed by atoms with van der Waals surface area (Å²) < 4.78 is 4.56. The van der Waals surface area contributed by atoms with Crippen molar-refractivity contribution in [3.63, 3.8) is 0 Å². The van der Waals surface area contributed by atoms with E-state index in [1.165, 1.54) is 0 Å². The van der Waals surface area contributed by atoms with Crippen LogP contribution in [0.4, 0.5) is 0 Å². The molecule has 0 bridgehead atoms. The van der Waals surface area contributed by atoms with Gasteiger partial charge in [0.25, 0.3) is 0 Å². The third-order valence-electron chi connectivity index (χ3n) is 2.61. The lowest BCUT2D eigenvalue weighted by Gasteiger charge is -2.20. The number of cyclic esters (lactones) is 2. The van der Waals surface area contributed by atoms with Crippen LogP contribution in [0.1, 0.15) is 28.2 Å². The molecule has 1 saturated heterocycles. The van der Waals surface area contributed by atoms with Crippen molar-refractivity contribution in [1.29, 1.82) is 0 Å². The Kier molecular flexibility index (Phi) is 4.05. The van der Waals surface area contributed by atoms with E-state index in [4.69, 9.17) is 0 Å². The Labute approximate surface area is 85.1 Å². The van der Waals surface area contributed by atoms with Crippen molar-refractivity contribution in [1.82, 2.24) is 0 Å². The van der Waals surface area contributed by atoms with Gasteiger partial charge in [-0.3, -0.25) is 9.59 Å². The molecule has 3 heteroatoms. The van der Waals surface area contributed by atoms with Crippen molar-refractivity contribution in [3.8, 4) is 0 Å². The first-order valence-corrected chi connectivity index (χ1v) is 4.12. The van der Waals surface area contributed by atoms with Gasteiger partial charge in [0.1, 0.15) is 0 Å². The average molecular weight is 198 g/mol. The van der Waals surface area contributed by atoms with Gasteiger partial charge in [0, 0.05) is 0 Å². The molecule has 3 unspecified atom stereocenters. The first-order valence-electron chi connectivity index (χ1n) is 4.12. The first kappa shape index (κ1) is 12.9. The maximum absolute atomic E-state index is 11.2. The summed E-state index contributed by atoms with van der Waals surface area (Å²) in [6.45, 7) is 1.94. The highest BCUT2D eigenvalue weighted by atomic mass is 16.6. The van der Waals surface area contributed by atoms with Crippen LogP contribution in [0, 0.1) is 17.8 Å². The van der Waals surface area contributed by atoms with Gasteiger partial charge >= 0.3 is 11.9 Å². The lowest BCUT2D eigenvalue weighted by Crippen LogP contribution is -2.25. The van der Waals surface area contributed by atoms with E-state index >= 15 is 0 Å². The molecule has 0 aromatic rings. The minimum atomic E-state index is -0.346. The van der Waals surface area contributed by atoms with E-state index in [1.54, 1.807) is 0 Å². The van der Waals surface area contributed by atoms with Gasteiger partial charge in [0.2, 0.25) is 0 Å². The summed E-state index contributed by atoms with van der Waals surface area (Å²) in [5.41, 5.74) is 0. The molecule has 0 saturated carbocycles. The molecule has 0 aromatic carbocycles. The van der Waals surface area contributed by atoms with Crippen LogP contribution in [-0.4, -0.2) is 11.9 Å². The number of ether oxygens (including phenoxy) is 1. The minimum absolute atomic E-state index is 0. The summed E-state index contributed by atoms with van der Waals surface area (Å²) in [5.74, 6) is -0.981. The molecular formula is C11H18O3. The highest BCUT2D eigenvalue weighted by molar-refractivity contribution is 5.97. The summed E-state index contributed by atoms with van der Waals surface area (Å²) in [7, 11) is 0. The lowest BCUT2D eigenvalue weighted by atomic mass is 9.78. The zero-order chi connectivity index (χ0) is 8.72. The van der Waals surface area contributed by atoms with Gasteiger partial charge in [-0.05, 0) is 12.3 Å². The number of rotatable bonds is 0. The minimum Gasteiger partial charge on any atom is -0.393 e. The number of hydrogen-bond donors (Lipinski definition) is 0. The molecule has 1 fully saturated rings. The van der Waals surface area contributed by atoms with E-state index in [2.05, 4.69) is 4.74 Å². The van der Waals surface area contributed by atoms with Crippen molar-refractivity contribution in [3.05, 3.63) is 12.2 Å². The van der Waals surface area contributed by atoms with Gasteiger partial charge in [-0.1, -0.05) is 33.9 Å².